The summed E-state index contributed by atoms with van der Waals surface area (Å²) in [5.74, 6) is -0.0372. The normalized spacial score (nSPS) is 24.7. The maximum atomic E-state index is 11.7. The first-order valence-corrected chi connectivity index (χ1v) is 5.12. The molecule has 0 saturated carbocycles. The minimum absolute atomic E-state index is 0.0372. The second kappa shape index (κ2) is 4.28. The van der Waals surface area contributed by atoms with Crippen molar-refractivity contribution in [1.29, 1.82) is 0 Å². The molecule has 1 heterocycles. The number of ether oxygens (including phenoxy) is 1. The maximum absolute atomic E-state index is 11.7. The van der Waals surface area contributed by atoms with Crippen LogP contribution in [0.2, 0.25) is 0 Å². The molecule has 0 aromatic rings. The number of amides is 1. The summed E-state index contributed by atoms with van der Waals surface area (Å²) in [7, 11) is 0. The topological polar surface area (TPSA) is 64.3 Å². The fraction of sp³-hybridized carbons (Fsp3) is 0.900. The number of rotatable bonds is 3. The summed E-state index contributed by atoms with van der Waals surface area (Å²) in [6.45, 7) is 6.42. The Morgan fingerprint density at radius 1 is 1.64 bits per heavy atom. The fourth-order valence-corrected chi connectivity index (χ4v) is 1.30. The van der Waals surface area contributed by atoms with Crippen LogP contribution in [0.5, 0.6) is 0 Å². The third-order valence-electron chi connectivity index (χ3n) is 2.81. The molecule has 2 unspecified atom stereocenters. The van der Waals surface area contributed by atoms with Crippen LogP contribution in [-0.2, 0) is 9.53 Å². The predicted octanol–water partition coefficient (Wildman–Crippen LogP) is 0.407. The lowest BCUT2D eigenvalue weighted by Gasteiger charge is -2.31. The molecule has 14 heavy (non-hydrogen) atoms. The van der Waals surface area contributed by atoms with Crippen LogP contribution in [0.4, 0.5) is 0 Å². The average Bonchev–Trinajstić information content (AvgIpc) is 2.54. The summed E-state index contributed by atoms with van der Waals surface area (Å²) in [6.07, 6.45) is 1.52. The van der Waals surface area contributed by atoms with E-state index in [2.05, 4.69) is 5.32 Å². The summed E-state index contributed by atoms with van der Waals surface area (Å²) in [6, 6.07) is -0.0761. The SMILES string of the molecule is CC(N)C(C)(C)NC(=O)C1CCCO1. The molecule has 1 rings (SSSR count). The number of hydrogen-bond acceptors (Lipinski definition) is 3. The van der Waals surface area contributed by atoms with Gasteiger partial charge in [0.1, 0.15) is 6.10 Å². The van der Waals surface area contributed by atoms with E-state index in [9.17, 15) is 4.79 Å². The molecule has 1 aliphatic heterocycles. The minimum Gasteiger partial charge on any atom is -0.368 e. The second-order valence-corrected chi connectivity index (χ2v) is 4.50. The van der Waals surface area contributed by atoms with Gasteiger partial charge >= 0.3 is 0 Å². The van der Waals surface area contributed by atoms with Crippen LogP contribution < -0.4 is 11.1 Å². The summed E-state index contributed by atoms with van der Waals surface area (Å²) in [5, 5.41) is 2.91. The number of carbonyl (C=O) groups excluding carboxylic acids is 1. The molecule has 1 fully saturated rings. The van der Waals surface area contributed by atoms with E-state index >= 15 is 0 Å². The molecule has 4 heteroatoms. The highest BCUT2D eigenvalue weighted by molar-refractivity contribution is 5.81. The summed E-state index contributed by atoms with van der Waals surface area (Å²) in [5.41, 5.74) is 5.39. The highest BCUT2D eigenvalue weighted by atomic mass is 16.5. The third kappa shape index (κ3) is 2.69. The molecule has 4 nitrogen and oxygen atoms in total. The van der Waals surface area contributed by atoms with Gasteiger partial charge in [-0.3, -0.25) is 4.79 Å². The van der Waals surface area contributed by atoms with Crippen molar-refractivity contribution in [2.45, 2.75) is 51.3 Å². The smallest absolute Gasteiger partial charge is 0.249 e. The molecule has 82 valence electrons. The van der Waals surface area contributed by atoms with Gasteiger partial charge in [0, 0.05) is 18.2 Å². The molecule has 3 N–H and O–H groups in total. The van der Waals surface area contributed by atoms with Crippen LogP contribution in [0, 0.1) is 0 Å². The summed E-state index contributed by atoms with van der Waals surface area (Å²) < 4.78 is 5.29. The molecule has 0 radical (unpaired) electrons. The van der Waals surface area contributed by atoms with Crippen LogP contribution in [0.25, 0.3) is 0 Å². The number of hydrogen-bond donors (Lipinski definition) is 2. The molecule has 0 spiro atoms. The molecular formula is C10H20N2O2. The standard InChI is InChI=1S/C10H20N2O2/c1-7(11)10(2,3)12-9(13)8-5-4-6-14-8/h7-8H,4-6,11H2,1-3H3,(H,12,13). The van der Waals surface area contributed by atoms with Gasteiger partial charge in [-0.2, -0.15) is 0 Å². The lowest BCUT2D eigenvalue weighted by atomic mass is 9.96. The number of carbonyl (C=O) groups is 1. The zero-order valence-electron chi connectivity index (χ0n) is 9.17. The third-order valence-corrected chi connectivity index (χ3v) is 2.81. The van der Waals surface area contributed by atoms with Crippen molar-refractivity contribution in [1.82, 2.24) is 5.32 Å². The zero-order valence-corrected chi connectivity index (χ0v) is 9.17. The van der Waals surface area contributed by atoms with Gasteiger partial charge in [-0.1, -0.05) is 0 Å². The Labute approximate surface area is 85.2 Å². The van der Waals surface area contributed by atoms with E-state index in [0.717, 1.165) is 12.8 Å². The van der Waals surface area contributed by atoms with E-state index in [4.69, 9.17) is 10.5 Å². The van der Waals surface area contributed by atoms with E-state index in [1.807, 2.05) is 20.8 Å². The molecule has 0 bridgehead atoms. The molecule has 0 aromatic heterocycles. The monoisotopic (exact) mass is 200 g/mol. The van der Waals surface area contributed by atoms with Crippen molar-refractivity contribution in [2.24, 2.45) is 5.73 Å². The van der Waals surface area contributed by atoms with Crippen molar-refractivity contribution in [2.75, 3.05) is 6.61 Å². The lowest BCUT2D eigenvalue weighted by molar-refractivity contribution is -0.131. The van der Waals surface area contributed by atoms with Gasteiger partial charge in [-0.25, -0.2) is 0 Å². The van der Waals surface area contributed by atoms with E-state index < -0.39 is 0 Å². The van der Waals surface area contributed by atoms with Crippen LogP contribution >= 0.6 is 0 Å². The number of nitrogens with two attached hydrogens (primary N) is 1. The van der Waals surface area contributed by atoms with Gasteiger partial charge < -0.3 is 15.8 Å². The molecule has 1 saturated heterocycles. The molecule has 1 aliphatic rings. The Bertz CT molecular complexity index is 208. The van der Waals surface area contributed by atoms with Crippen molar-refractivity contribution in [3.63, 3.8) is 0 Å². The highest BCUT2D eigenvalue weighted by Crippen LogP contribution is 2.14. The Balaban J connectivity index is 2.46. The van der Waals surface area contributed by atoms with Gasteiger partial charge in [-0.05, 0) is 33.6 Å². The second-order valence-electron chi connectivity index (χ2n) is 4.50. The van der Waals surface area contributed by atoms with E-state index in [1.54, 1.807) is 0 Å². The first-order chi connectivity index (χ1) is 6.43. The van der Waals surface area contributed by atoms with Crippen molar-refractivity contribution in [3.8, 4) is 0 Å². The molecule has 0 aromatic carbocycles. The molecular weight excluding hydrogens is 180 g/mol. The van der Waals surface area contributed by atoms with Gasteiger partial charge in [0.2, 0.25) is 5.91 Å². The van der Waals surface area contributed by atoms with Crippen LogP contribution in [0.1, 0.15) is 33.6 Å². The molecule has 2 atom stereocenters. The predicted molar refractivity (Wildman–Crippen MR) is 54.8 cm³/mol. The number of nitrogens with one attached hydrogen (secondary N) is 1. The van der Waals surface area contributed by atoms with E-state index in [1.165, 1.54) is 0 Å². The van der Waals surface area contributed by atoms with Crippen LogP contribution in [-0.4, -0.2) is 30.2 Å². The van der Waals surface area contributed by atoms with Crippen LogP contribution in [0.15, 0.2) is 0 Å². The van der Waals surface area contributed by atoms with E-state index in [0.29, 0.717) is 6.61 Å². The highest BCUT2D eigenvalue weighted by Gasteiger charge is 2.30. The quantitative estimate of drug-likeness (QED) is 0.693. The fourth-order valence-electron chi connectivity index (χ4n) is 1.30. The van der Waals surface area contributed by atoms with Gasteiger partial charge in [0.05, 0.1) is 0 Å². The van der Waals surface area contributed by atoms with Gasteiger partial charge in [0.25, 0.3) is 0 Å². The average molecular weight is 200 g/mol. The largest absolute Gasteiger partial charge is 0.368 e. The Kier molecular flexibility index (Phi) is 3.50. The van der Waals surface area contributed by atoms with Crippen molar-refractivity contribution < 1.29 is 9.53 Å². The molecule has 0 aliphatic carbocycles. The maximum Gasteiger partial charge on any atom is 0.249 e. The summed E-state index contributed by atoms with van der Waals surface area (Å²) >= 11 is 0. The summed E-state index contributed by atoms with van der Waals surface area (Å²) in [4.78, 5) is 11.7. The first kappa shape index (κ1) is 11.5. The van der Waals surface area contributed by atoms with Gasteiger partial charge in [0.15, 0.2) is 0 Å². The van der Waals surface area contributed by atoms with Crippen molar-refractivity contribution in [3.05, 3.63) is 0 Å². The van der Waals surface area contributed by atoms with Crippen LogP contribution in [0.3, 0.4) is 0 Å². The Morgan fingerprint density at radius 2 is 2.29 bits per heavy atom. The Morgan fingerprint density at radius 3 is 2.71 bits per heavy atom. The molecule has 1 amide bonds. The minimum atomic E-state index is -0.372. The first-order valence-electron chi connectivity index (χ1n) is 5.12. The van der Waals surface area contributed by atoms with Crippen molar-refractivity contribution >= 4 is 5.91 Å². The Hall–Kier alpha value is -0.610. The van der Waals surface area contributed by atoms with E-state index in [-0.39, 0.29) is 23.6 Å². The zero-order chi connectivity index (χ0) is 10.8. The lowest BCUT2D eigenvalue weighted by Crippen LogP contribution is -2.56. The van der Waals surface area contributed by atoms with Gasteiger partial charge in [-0.15, -0.1) is 0 Å².